The van der Waals surface area contributed by atoms with E-state index >= 15 is 0 Å². The van der Waals surface area contributed by atoms with Gasteiger partial charge in [0.2, 0.25) is 0 Å². The second kappa shape index (κ2) is 7.36. The van der Waals surface area contributed by atoms with Crippen molar-refractivity contribution in [2.45, 2.75) is 45.7 Å². The van der Waals surface area contributed by atoms with Crippen LogP contribution in [0.15, 0.2) is 29.8 Å². The Morgan fingerprint density at radius 3 is 2.89 bits per heavy atom. The van der Waals surface area contributed by atoms with E-state index in [4.69, 9.17) is 0 Å². The Morgan fingerprint density at radius 1 is 1.32 bits per heavy atom. The van der Waals surface area contributed by atoms with Crippen LogP contribution in [0.5, 0.6) is 0 Å². The largest absolute Gasteiger partial charge is 0.308 e. The molecule has 0 aliphatic heterocycles. The number of nitrogens with zero attached hydrogens (tertiary/aromatic N) is 2. The van der Waals surface area contributed by atoms with Crippen molar-refractivity contribution in [1.82, 2.24) is 15.3 Å². The third-order valence-electron chi connectivity index (χ3n) is 3.14. The van der Waals surface area contributed by atoms with Gasteiger partial charge in [-0.3, -0.25) is 4.98 Å². The summed E-state index contributed by atoms with van der Waals surface area (Å²) in [7, 11) is 0. The van der Waals surface area contributed by atoms with Gasteiger partial charge in [-0.1, -0.05) is 26.3 Å². The summed E-state index contributed by atoms with van der Waals surface area (Å²) in [5.74, 6) is 0. The van der Waals surface area contributed by atoms with Gasteiger partial charge in [0.1, 0.15) is 5.01 Å². The zero-order valence-electron chi connectivity index (χ0n) is 11.6. The Hall–Kier alpha value is -1.26. The first-order valence-corrected chi connectivity index (χ1v) is 7.80. The zero-order valence-corrected chi connectivity index (χ0v) is 12.4. The molecule has 1 N–H and O–H groups in total. The molecular weight excluding hydrogens is 254 g/mol. The van der Waals surface area contributed by atoms with Gasteiger partial charge in [0.15, 0.2) is 0 Å². The molecule has 1 atom stereocenters. The van der Waals surface area contributed by atoms with E-state index in [1.165, 1.54) is 19.3 Å². The molecule has 2 heterocycles. The molecule has 2 aromatic heterocycles. The lowest BCUT2D eigenvalue weighted by Gasteiger charge is -2.14. The highest BCUT2D eigenvalue weighted by Crippen LogP contribution is 2.21. The van der Waals surface area contributed by atoms with Gasteiger partial charge in [0.05, 0.1) is 11.4 Å². The lowest BCUT2D eigenvalue weighted by molar-refractivity contribution is 0.460. The van der Waals surface area contributed by atoms with E-state index in [-0.39, 0.29) is 0 Å². The molecule has 0 bridgehead atoms. The van der Waals surface area contributed by atoms with Gasteiger partial charge in [0, 0.05) is 24.2 Å². The van der Waals surface area contributed by atoms with Crippen molar-refractivity contribution >= 4 is 11.3 Å². The highest BCUT2D eigenvalue weighted by atomic mass is 32.1. The number of nitrogens with one attached hydrogen (secondary N) is 1. The normalized spacial score (nSPS) is 12.5. The van der Waals surface area contributed by atoms with Gasteiger partial charge in [-0.25, -0.2) is 4.98 Å². The van der Waals surface area contributed by atoms with Crippen LogP contribution in [-0.4, -0.2) is 16.0 Å². The van der Waals surface area contributed by atoms with Crippen LogP contribution in [0.1, 0.15) is 38.8 Å². The van der Waals surface area contributed by atoms with Crippen molar-refractivity contribution in [3.63, 3.8) is 0 Å². The second-order valence-corrected chi connectivity index (χ2v) is 5.49. The minimum absolute atomic E-state index is 0.602. The third kappa shape index (κ3) is 4.11. The number of rotatable bonds is 7. The molecule has 0 aliphatic carbocycles. The predicted molar refractivity (Wildman–Crippen MR) is 81.2 cm³/mol. The van der Waals surface area contributed by atoms with Crippen LogP contribution in [0, 0.1) is 0 Å². The van der Waals surface area contributed by atoms with Crippen molar-refractivity contribution in [2.24, 2.45) is 0 Å². The van der Waals surface area contributed by atoms with Crippen LogP contribution < -0.4 is 5.32 Å². The molecule has 19 heavy (non-hydrogen) atoms. The zero-order chi connectivity index (χ0) is 13.5. The van der Waals surface area contributed by atoms with E-state index in [2.05, 4.69) is 34.5 Å². The summed E-state index contributed by atoms with van der Waals surface area (Å²) >= 11 is 1.66. The van der Waals surface area contributed by atoms with Crippen LogP contribution in [0.25, 0.3) is 10.7 Å². The Bertz CT molecular complexity index is 481. The quantitative estimate of drug-likeness (QED) is 0.833. The van der Waals surface area contributed by atoms with E-state index in [0.717, 1.165) is 22.9 Å². The molecule has 2 aromatic rings. The highest BCUT2D eigenvalue weighted by Gasteiger charge is 2.08. The first kappa shape index (κ1) is 14.2. The molecule has 4 heteroatoms. The van der Waals surface area contributed by atoms with Gasteiger partial charge in [-0.15, -0.1) is 11.3 Å². The Morgan fingerprint density at radius 2 is 2.21 bits per heavy atom. The van der Waals surface area contributed by atoms with Gasteiger partial charge in [-0.05, 0) is 25.0 Å². The minimum Gasteiger partial charge on any atom is -0.308 e. The average molecular weight is 275 g/mol. The molecule has 102 valence electrons. The standard InChI is InChI=1S/C15H21N3S/c1-3-7-12(4-2)17-10-13-11-19-15(18-13)14-8-5-6-9-16-14/h5-6,8-9,11-12,17H,3-4,7,10H2,1-2H3. The molecule has 3 nitrogen and oxygen atoms in total. The molecule has 0 aromatic carbocycles. The molecule has 0 aliphatic rings. The topological polar surface area (TPSA) is 37.8 Å². The van der Waals surface area contributed by atoms with E-state index in [1.807, 2.05) is 24.4 Å². The Labute approximate surface area is 119 Å². The molecule has 1 unspecified atom stereocenters. The molecule has 0 fully saturated rings. The number of pyridine rings is 1. The summed E-state index contributed by atoms with van der Waals surface area (Å²) in [6.07, 6.45) is 5.43. The number of aromatic nitrogens is 2. The second-order valence-electron chi connectivity index (χ2n) is 4.63. The van der Waals surface area contributed by atoms with Crippen molar-refractivity contribution in [1.29, 1.82) is 0 Å². The maximum absolute atomic E-state index is 4.64. The van der Waals surface area contributed by atoms with Crippen LogP contribution in [0.3, 0.4) is 0 Å². The van der Waals surface area contributed by atoms with Crippen LogP contribution >= 0.6 is 11.3 Å². The third-order valence-corrected chi connectivity index (χ3v) is 4.05. The molecule has 0 amide bonds. The molecular formula is C15H21N3S. The summed E-state index contributed by atoms with van der Waals surface area (Å²) in [6, 6.07) is 6.53. The number of thiazole rings is 1. The molecule has 0 saturated heterocycles. The molecule has 0 saturated carbocycles. The van der Waals surface area contributed by atoms with Crippen LogP contribution in [0.2, 0.25) is 0 Å². The van der Waals surface area contributed by atoms with Gasteiger partial charge in [-0.2, -0.15) is 0 Å². The fourth-order valence-corrected chi connectivity index (χ4v) is 2.84. The van der Waals surface area contributed by atoms with Crippen LogP contribution in [-0.2, 0) is 6.54 Å². The monoisotopic (exact) mass is 275 g/mol. The number of hydrogen-bond donors (Lipinski definition) is 1. The molecule has 0 spiro atoms. The average Bonchev–Trinajstić information content (AvgIpc) is 2.93. The predicted octanol–water partition coefficient (Wildman–Crippen LogP) is 3.87. The van der Waals surface area contributed by atoms with Gasteiger partial charge < -0.3 is 5.32 Å². The van der Waals surface area contributed by atoms with Crippen molar-refractivity contribution in [2.75, 3.05) is 0 Å². The first-order chi connectivity index (χ1) is 9.33. The summed E-state index contributed by atoms with van der Waals surface area (Å²) in [6.45, 7) is 5.31. The molecule has 0 radical (unpaired) electrons. The van der Waals surface area contributed by atoms with E-state index in [1.54, 1.807) is 11.3 Å². The summed E-state index contributed by atoms with van der Waals surface area (Å²) < 4.78 is 0. The highest BCUT2D eigenvalue weighted by molar-refractivity contribution is 7.13. The maximum atomic E-state index is 4.64. The van der Waals surface area contributed by atoms with E-state index in [0.29, 0.717) is 6.04 Å². The Balaban J connectivity index is 1.94. The number of hydrogen-bond acceptors (Lipinski definition) is 4. The summed E-state index contributed by atoms with van der Waals surface area (Å²) in [4.78, 5) is 8.97. The fraction of sp³-hybridized carbons (Fsp3) is 0.467. The summed E-state index contributed by atoms with van der Waals surface area (Å²) in [5, 5.41) is 6.70. The van der Waals surface area contributed by atoms with Crippen molar-refractivity contribution < 1.29 is 0 Å². The van der Waals surface area contributed by atoms with Crippen molar-refractivity contribution in [3.8, 4) is 10.7 Å². The fourth-order valence-electron chi connectivity index (χ4n) is 2.04. The Kier molecular flexibility index (Phi) is 5.48. The SMILES string of the molecule is CCCC(CC)NCc1csc(-c2ccccn2)n1. The maximum Gasteiger partial charge on any atom is 0.142 e. The smallest absolute Gasteiger partial charge is 0.142 e. The first-order valence-electron chi connectivity index (χ1n) is 6.92. The van der Waals surface area contributed by atoms with E-state index in [9.17, 15) is 0 Å². The minimum atomic E-state index is 0.602. The van der Waals surface area contributed by atoms with Crippen LogP contribution in [0.4, 0.5) is 0 Å². The van der Waals surface area contributed by atoms with Crippen molar-refractivity contribution in [3.05, 3.63) is 35.5 Å². The lowest BCUT2D eigenvalue weighted by atomic mass is 10.1. The van der Waals surface area contributed by atoms with Gasteiger partial charge in [0.25, 0.3) is 0 Å². The summed E-state index contributed by atoms with van der Waals surface area (Å²) in [5.41, 5.74) is 2.07. The van der Waals surface area contributed by atoms with E-state index < -0.39 is 0 Å². The molecule has 2 rings (SSSR count). The van der Waals surface area contributed by atoms with Gasteiger partial charge >= 0.3 is 0 Å². The lowest BCUT2D eigenvalue weighted by Crippen LogP contribution is -2.27.